The summed E-state index contributed by atoms with van der Waals surface area (Å²) in [4.78, 5) is 5.63. The fraction of sp³-hybridized carbons (Fsp3) is 0.562. The molecule has 1 aliphatic rings. The van der Waals surface area contributed by atoms with Crippen LogP contribution in [-0.4, -0.2) is 27.8 Å². The molecule has 0 aromatic carbocycles. The molecule has 2 N–H and O–H groups in total. The predicted molar refractivity (Wildman–Crippen MR) is 109 cm³/mol. The van der Waals surface area contributed by atoms with Crippen LogP contribution >= 0.6 is 35.3 Å². The number of nitrogens with zero attached hydrogens (tertiary/aromatic N) is 4. The first-order valence-corrected chi connectivity index (χ1v) is 9.04. The minimum Gasteiger partial charge on any atom is -0.352 e. The SMILES string of the molecule is CN=C(NCc1sccc1C)NCc1nnc2n1CCCCC2.I. The molecule has 0 bridgehead atoms. The lowest BCUT2D eigenvalue weighted by Crippen LogP contribution is -2.37. The van der Waals surface area contributed by atoms with Crippen LogP contribution in [-0.2, 0) is 26.1 Å². The number of aliphatic imine (C=N–C) groups is 1. The summed E-state index contributed by atoms with van der Waals surface area (Å²) in [5, 5.41) is 17.5. The fourth-order valence-electron chi connectivity index (χ4n) is 2.81. The average Bonchev–Trinajstić information content (AvgIpc) is 3.06. The summed E-state index contributed by atoms with van der Waals surface area (Å²) >= 11 is 1.77. The number of rotatable bonds is 4. The first kappa shape index (κ1) is 19.2. The van der Waals surface area contributed by atoms with Gasteiger partial charge in [-0.3, -0.25) is 4.99 Å². The highest BCUT2D eigenvalue weighted by Gasteiger charge is 2.14. The second kappa shape index (κ2) is 9.36. The Kier molecular flexibility index (Phi) is 7.47. The highest BCUT2D eigenvalue weighted by molar-refractivity contribution is 14.0. The maximum absolute atomic E-state index is 4.34. The fourth-order valence-corrected chi connectivity index (χ4v) is 3.65. The molecule has 3 rings (SSSR count). The van der Waals surface area contributed by atoms with Crippen molar-refractivity contribution in [2.75, 3.05) is 7.05 Å². The van der Waals surface area contributed by atoms with Gasteiger partial charge in [0, 0.05) is 24.9 Å². The lowest BCUT2D eigenvalue weighted by atomic mass is 10.2. The van der Waals surface area contributed by atoms with E-state index in [2.05, 4.69) is 48.8 Å². The zero-order valence-corrected chi connectivity index (χ0v) is 17.4. The molecule has 2 aromatic rings. The number of fused-ring (bicyclic) bond motifs is 1. The smallest absolute Gasteiger partial charge is 0.191 e. The lowest BCUT2D eigenvalue weighted by Gasteiger charge is -2.12. The van der Waals surface area contributed by atoms with E-state index in [4.69, 9.17) is 0 Å². The van der Waals surface area contributed by atoms with Gasteiger partial charge in [-0.25, -0.2) is 0 Å². The molecule has 0 saturated carbocycles. The van der Waals surface area contributed by atoms with E-state index >= 15 is 0 Å². The predicted octanol–water partition coefficient (Wildman–Crippen LogP) is 2.86. The minimum absolute atomic E-state index is 0. The third kappa shape index (κ3) is 4.69. The van der Waals surface area contributed by atoms with Crippen molar-refractivity contribution < 1.29 is 0 Å². The van der Waals surface area contributed by atoms with Crippen molar-refractivity contribution in [3.8, 4) is 0 Å². The van der Waals surface area contributed by atoms with Crippen LogP contribution in [0, 0.1) is 6.92 Å². The first-order valence-electron chi connectivity index (χ1n) is 8.16. The van der Waals surface area contributed by atoms with E-state index < -0.39 is 0 Å². The molecule has 0 radical (unpaired) electrons. The molecule has 132 valence electrons. The number of hydrogen-bond acceptors (Lipinski definition) is 4. The molecule has 0 unspecified atom stereocenters. The van der Waals surface area contributed by atoms with Crippen molar-refractivity contribution in [3.05, 3.63) is 33.5 Å². The molecule has 0 amide bonds. The van der Waals surface area contributed by atoms with E-state index in [1.807, 2.05) is 0 Å². The molecule has 24 heavy (non-hydrogen) atoms. The van der Waals surface area contributed by atoms with Crippen molar-refractivity contribution in [1.29, 1.82) is 0 Å². The highest BCUT2D eigenvalue weighted by atomic mass is 127. The molecule has 0 saturated heterocycles. The van der Waals surface area contributed by atoms with Gasteiger partial charge in [-0.1, -0.05) is 6.42 Å². The molecule has 2 aromatic heterocycles. The Bertz CT molecular complexity index is 678. The van der Waals surface area contributed by atoms with Crippen LogP contribution in [0.3, 0.4) is 0 Å². The average molecular weight is 460 g/mol. The Morgan fingerprint density at radius 2 is 2.08 bits per heavy atom. The van der Waals surface area contributed by atoms with E-state index in [0.717, 1.165) is 37.1 Å². The molecule has 6 nitrogen and oxygen atoms in total. The van der Waals surface area contributed by atoms with Crippen LogP contribution in [0.4, 0.5) is 0 Å². The second-order valence-electron chi connectivity index (χ2n) is 5.80. The third-order valence-corrected chi connectivity index (χ3v) is 5.23. The van der Waals surface area contributed by atoms with E-state index in [9.17, 15) is 0 Å². The van der Waals surface area contributed by atoms with Crippen LogP contribution in [0.2, 0.25) is 0 Å². The number of hydrogen-bond donors (Lipinski definition) is 2. The minimum atomic E-state index is 0. The summed E-state index contributed by atoms with van der Waals surface area (Å²) in [6.07, 6.45) is 4.74. The van der Waals surface area contributed by atoms with E-state index in [1.54, 1.807) is 18.4 Å². The van der Waals surface area contributed by atoms with Crippen LogP contribution < -0.4 is 10.6 Å². The number of halogens is 1. The van der Waals surface area contributed by atoms with Gasteiger partial charge in [0.05, 0.1) is 13.1 Å². The summed E-state index contributed by atoms with van der Waals surface area (Å²) in [7, 11) is 1.79. The van der Waals surface area contributed by atoms with Crippen molar-refractivity contribution in [2.24, 2.45) is 4.99 Å². The van der Waals surface area contributed by atoms with E-state index in [-0.39, 0.29) is 24.0 Å². The van der Waals surface area contributed by atoms with Crippen molar-refractivity contribution in [2.45, 2.75) is 52.2 Å². The summed E-state index contributed by atoms with van der Waals surface area (Å²) in [6.45, 7) is 4.60. The molecule has 1 aliphatic heterocycles. The standard InChI is InChI=1S/C16H24N6S.HI/c1-12-7-9-23-13(12)10-18-16(17-2)19-11-15-21-20-14-6-4-3-5-8-22(14)15;/h7,9H,3-6,8,10-11H2,1-2H3,(H2,17,18,19);1H. The molecular weight excluding hydrogens is 435 g/mol. The van der Waals surface area contributed by atoms with Gasteiger partial charge in [0.2, 0.25) is 0 Å². The number of guanidine groups is 1. The summed E-state index contributed by atoms with van der Waals surface area (Å²) in [6, 6.07) is 2.14. The zero-order chi connectivity index (χ0) is 16.1. The Hall–Kier alpha value is -1.16. The van der Waals surface area contributed by atoms with Crippen molar-refractivity contribution in [3.63, 3.8) is 0 Å². The van der Waals surface area contributed by atoms with Crippen LogP contribution in [0.5, 0.6) is 0 Å². The van der Waals surface area contributed by atoms with E-state index in [0.29, 0.717) is 6.54 Å². The molecule has 3 heterocycles. The van der Waals surface area contributed by atoms with Gasteiger partial charge in [-0.05, 0) is 36.8 Å². The zero-order valence-electron chi connectivity index (χ0n) is 14.2. The molecule has 0 atom stereocenters. The highest BCUT2D eigenvalue weighted by Crippen LogP contribution is 2.15. The van der Waals surface area contributed by atoms with Gasteiger partial charge in [-0.15, -0.1) is 45.5 Å². The maximum Gasteiger partial charge on any atom is 0.191 e. The van der Waals surface area contributed by atoms with Gasteiger partial charge in [0.25, 0.3) is 0 Å². The number of aromatic nitrogens is 3. The van der Waals surface area contributed by atoms with Crippen molar-refractivity contribution in [1.82, 2.24) is 25.4 Å². The van der Waals surface area contributed by atoms with Crippen LogP contribution in [0.15, 0.2) is 16.4 Å². The number of thiophene rings is 1. The van der Waals surface area contributed by atoms with Gasteiger partial charge in [-0.2, -0.15) is 0 Å². The van der Waals surface area contributed by atoms with E-state index in [1.165, 1.54) is 29.7 Å². The Labute approximate surface area is 164 Å². The van der Waals surface area contributed by atoms with Gasteiger partial charge in [0.1, 0.15) is 5.82 Å². The van der Waals surface area contributed by atoms with Crippen molar-refractivity contribution >= 4 is 41.3 Å². The number of nitrogens with one attached hydrogen (secondary N) is 2. The second-order valence-corrected chi connectivity index (χ2v) is 6.80. The molecule has 0 aliphatic carbocycles. The van der Waals surface area contributed by atoms with Gasteiger partial charge < -0.3 is 15.2 Å². The summed E-state index contributed by atoms with van der Waals surface area (Å²) < 4.78 is 2.26. The monoisotopic (exact) mass is 460 g/mol. The maximum atomic E-state index is 4.34. The Morgan fingerprint density at radius 3 is 2.83 bits per heavy atom. The van der Waals surface area contributed by atoms with Crippen LogP contribution in [0.25, 0.3) is 0 Å². The summed E-state index contributed by atoms with van der Waals surface area (Å²) in [5.74, 6) is 2.91. The number of aryl methyl sites for hydroxylation is 2. The molecule has 0 fully saturated rings. The Balaban J connectivity index is 0.00000208. The molecule has 0 spiro atoms. The Morgan fingerprint density at radius 1 is 1.25 bits per heavy atom. The lowest BCUT2D eigenvalue weighted by molar-refractivity contribution is 0.596. The summed E-state index contributed by atoms with van der Waals surface area (Å²) in [5.41, 5.74) is 1.32. The topological polar surface area (TPSA) is 67.1 Å². The third-order valence-electron chi connectivity index (χ3n) is 4.21. The van der Waals surface area contributed by atoms with Gasteiger partial charge in [0.15, 0.2) is 11.8 Å². The van der Waals surface area contributed by atoms with Crippen LogP contribution in [0.1, 0.15) is 41.4 Å². The largest absolute Gasteiger partial charge is 0.352 e. The molecular formula is C16H25IN6S. The normalized spacial score (nSPS) is 14.5. The van der Waals surface area contributed by atoms with Gasteiger partial charge >= 0.3 is 0 Å². The quantitative estimate of drug-likeness (QED) is 0.419. The molecule has 8 heteroatoms. The first-order chi connectivity index (χ1) is 11.3.